The van der Waals surface area contributed by atoms with E-state index in [1.54, 1.807) is 0 Å². The first-order valence-electron chi connectivity index (χ1n) is 6.34. The van der Waals surface area contributed by atoms with Gasteiger partial charge in [-0.25, -0.2) is 8.42 Å². The molecular weight excluding hydrogens is 294 g/mol. The highest BCUT2D eigenvalue weighted by Crippen LogP contribution is 2.33. The van der Waals surface area contributed by atoms with Crippen molar-refractivity contribution in [2.24, 2.45) is 10.1 Å². The molecule has 2 aliphatic rings. The van der Waals surface area contributed by atoms with E-state index in [0.29, 0.717) is 5.17 Å². The molecule has 1 N–H and O–H groups in total. The van der Waals surface area contributed by atoms with Gasteiger partial charge in [-0.1, -0.05) is 42.1 Å². The zero-order valence-electron chi connectivity index (χ0n) is 11.0. The number of thioether (sulfide) groups is 1. The Balaban J connectivity index is 1.66. The SMILES string of the molecule is C/C(=N\NC1=N[C@H]2CS(=O)(=O)C[C@@H]2S1)c1ccccc1. The Bertz CT molecular complexity index is 668. The van der Waals surface area contributed by atoms with Crippen LogP contribution in [0.3, 0.4) is 0 Å². The summed E-state index contributed by atoms with van der Waals surface area (Å²) in [4.78, 5) is 4.39. The first kappa shape index (κ1) is 13.6. The molecule has 3 rings (SSSR count). The van der Waals surface area contributed by atoms with Gasteiger partial charge in [0.25, 0.3) is 0 Å². The van der Waals surface area contributed by atoms with Crippen LogP contribution in [0.5, 0.6) is 0 Å². The Morgan fingerprint density at radius 1 is 1.35 bits per heavy atom. The van der Waals surface area contributed by atoms with E-state index >= 15 is 0 Å². The zero-order valence-corrected chi connectivity index (χ0v) is 12.6. The molecule has 5 nitrogen and oxygen atoms in total. The van der Waals surface area contributed by atoms with E-state index in [0.717, 1.165) is 11.3 Å². The average molecular weight is 309 g/mol. The van der Waals surface area contributed by atoms with Crippen molar-refractivity contribution in [3.05, 3.63) is 35.9 Å². The minimum absolute atomic E-state index is 0.0507. The molecule has 0 aromatic heterocycles. The molecule has 2 heterocycles. The van der Waals surface area contributed by atoms with Crippen LogP contribution in [-0.4, -0.2) is 42.1 Å². The van der Waals surface area contributed by atoms with Crippen LogP contribution in [0.4, 0.5) is 0 Å². The molecule has 1 aromatic rings. The van der Waals surface area contributed by atoms with Gasteiger partial charge in [-0.2, -0.15) is 5.10 Å². The molecule has 0 radical (unpaired) electrons. The molecule has 106 valence electrons. The van der Waals surface area contributed by atoms with E-state index in [2.05, 4.69) is 15.5 Å². The maximum absolute atomic E-state index is 11.5. The number of fused-ring (bicyclic) bond motifs is 1. The van der Waals surface area contributed by atoms with Crippen molar-refractivity contribution in [3.63, 3.8) is 0 Å². The third kappa shape index (κ3) is 2.88. The van der Waals surface area contributed by atoms with Gasteiger partial charge in [0.2, 0.25) is 0 Å². The number of rotatable bonds is 2. The molecule has 2 atom stereocenters. The fourth-order valence-electron chi connectivity index (χ4n) is 2.29. The molecule has 1 saturated heterocycles. The summed E-state index contributed by atoms with van der Waals surface area (Å²) in [6.45, 7) is 1.92. The van der Waals surface area contributed by atoms with E-state index in [1.165, 1.54) is 11.8 Å². The van der Waals surface area contributed by atoms with Crippen molar-refractivity contribution in [2.75, 3.05) is 11.5 Å². The number of aliphatic imine (C=N–C) groups is 1. The quantitative estimate of drug-likeness (QED) is 0.660. The Kier molecular flexibility index (Phi) is 3.55. The molecular formula is C13H15N3O2S2. The third-order valence-corrected chi connectivity index (χ3v) is 6.46. The fourth-order valence-corrected chi connectivity index (χ4v) is 5.88. The highest BCUT2D eigenvalue weighted by Gasteiger charge is 2.42. The minimum Gasteiger partial charge on any atom is -0.256 e. The molecule has 7 heteroatoms. The topological polar surface area (TPSA) is 70.9 Å². The molecule has 0 unspecified atom stereocenters. The van der Waals surface area contributed by atoms with Gasteiger partial charge in [-0.05, 0) is 12.5 Å². The normalized spacial score (nSPS) is 28.1. The molecule has 0 aliphatic carbocycles. The summed E-state index contributed by atoms with van der Waals surface area (Å²) in [6.07, 6.45) is 0. The largest absolute Gasteiger partial charge is 0.256 e. The first-order chi connectivity index (χ1) is 9.53. The zero-order chi connectivity index (χ0) is 14.2. The Morgan fingerprint density at radius 2 is 2.10 bits per heavy atom. The molecule has 0 bridgehead atoms. The molecule has 0 amide bonds. The van der Waals surface area contributed by atoms with Gasteiger partial charge in [0, 0.05) is 5.25 Å². The van der Waals surface area contributed by atoms with E-state index in [9.17, 15) is 8.42 Å². The van der Waals surface area contributed by atoms with Crippen molar-refractivity contribution in [1.29, 1.82) is 0 Å². The summed E-state index contributed by atoms with van der Waals surface area (Å²) < 4.78 is 22.9. The van der Waals surface area contributed by atoms with E-state index < -0.39 is 9.84 Å². The van der Waals surface area contributed by atoms with Crippen molar-refractivity contribution >= 4 is 32.5 Å². The minimum atomic E-state index is -2.89. The lowest BCUT2D eigenvalue weighted by atomic mass is 10.1. The Hall–Kier alpha value is -1.34. The van der Waals surface area contributed by atoms with Crippen molar-refractivity contribution in [3.8, 4) is 0 Å². The van der Waals surface area contributed by atoms with Crippen LogP contribution in [0.1, 0.15) is 12.5 Å². The van der Waals surface area contributed by atoms with Gasteiger partial charge < -0.3 is 0 Å². The summed E-state index contributed by atoms with van der Waals surface area (Å²) >= 11 is 1.47. The number of sulfone groups is 1. The number of hydrogen-bond acceptors (Lipinski definition) is 6. The van der Waals surface area contributed by atoms with Crippen LogP contribution in [0.25, 0.3) is 0 Å². The van der Waals surface area contributed by atoms with Crippen molar-refractivity contribution in [1.82, 2.24) is 5.43 Å². The highest BCUT2D eigenvalue weighted by atomic mass is 32.2. The first-order valence-corrected chi connectivity index (χ1v) is 9.04. The highest BCUT2D eigenvalue weighted by molar-refractivity contribution is 8.15. The van der Waals surface area contributed by atoms with Gasteiger partial charge in [-0.3, -0.25) is 10.4 Å². The number of amidine groups is 1. The lowest BCUT2D eigenvalue weighted by molar-refractivity contribution is 0.601. The number of hydrazone groups is 1. The number of nitrogens with zero attached hydrogens (tertiary/aromatic N) is 2. The number of hydrogen-bond donors (Lipinski definition) is 1. The second kappa shape index (κ2) is 5.21. The summed E-state index contributed by atoms with van der Waals surface area (Å²) in [7, 11) is -2.89. The monoisotopic (exact) mass is 309 g/mol. The summed E-state index contributed by atoms with van der Waals surface area (Å²) in [5.74, 6) is 0.385. The molecule has 0 spiro atoms. The number of benzene rings is 1. The van der Waals surface area contributed by atoms with E-state index in [-0.39, 0.29) is 22.8 Å². The third-order valence-electron chi connectivity index (χ3n) is 3.33. The van der Waals surface area contributed by atoms with Crippen LogP contribution in [0.2, 0.25) is 0 Å². The molecule has 1 fully saturated rings. The molecule has 1 aromatic carbocycles. The van der Waals surface area contributed by atoms with E-state index in [4.69, 9.17) is 0 Å². The van der Waals surface area contributed by atoms with Crippen LogP contribution in [0, 0.1) is 0 Å². The Morgan fingerprint density at radius 3 is 2.80 bits per heavy atom. The molecule has 0 saturated carbocycles. The van der Waals surface area contributed by atoms with Gasteiger partial charge in [-0.15, -0.1) is 0 Å². The van der Waals surface area contributed by atoms with Crippen molar-refractivity contribution < 1.29 is 8.42 Å². The second-order valence-corrected chi connectivity index (χ2v) is 8.29. The van der Waals surface area contributed by atoms with Crippen molar-refractivity contribution in [2.45, 2.75) is 18.2 Å². The van der Waals surface area contributed by atoms with Crippen LogP contribution in [0.15, 0.2) is 40.4 Å². The summed E-state index contributed by atoms with van der Waals surface area (Å²) in [5.41, 5.74) is 4.86. The predicted octanol–water partition coefficient (Wildman–Crippen LogP) is 1.27. The maximum atomic E-state index is 11.5. The Labute approximate surface area is 122 Å². The fraction of sp³-hybridized carbons (Fsp3) is 0.385. The van der Waals surface area contributed by atoms with Crippen LogP contribution >= 0.6 is 11.8 Å². The average Bonchev–Trinajstić information content (AvgIpc) is 2.90. The molecule has 2 aliphatic heterocycles. The standard InChI is InChI=1S/C13H15N3O2S2/c1-9(10-5-3-2-4-6-10)15-16-13-14-11-7-20(17,18)8-12(11)19-13/h2-6,11-12H,7-8H2,1H3,(H,14,16)/b15-9+/t11-,12-/m0/s1. The lowest BCUT2D eigenvalue weighted by Gasteiger charge is -2.04. The van der Waals surface area contributed by atoms with Gasteiger partial charge in [0.1, 0.15) is 0 Å². The lowest BCUT2D eigenvalue weighted by Crippen LogP contribution is -2.17. The molecule has 20 heavy (non-hydrogen) atoms. The number of nitrogens with one attached hydrogen (secondary N) is 1. The van der Waals surface area contributed by atoms with E-state index in [1.807, 2.05) is 37.3 Å². The maximum Gasteiger partial charge on any atom is 0.177 e. The smallest absolute Gasteiger partial charge is 0.177 e. The van der Waals surface area contributed by atoms with Gasteiger partial charge >= 0.3 is 0 Å². The van der Waals surface area contributed by atoms with Crippen LogP contribution in [-0.2, 0) is 9.84 Å². The summed E-state index contributed by atoms with van der Waals surface area (Å²) in [6, 6.07) is 9.76. The van der Waals surface area contributed by atoms with Gasteiger partial charge in [0.15, 0.2) is 15.0 Å². The van der Waals surface area contributed by atoms with Gasteiger partial charge in [0.05, 0.1) is 23.3 Å². The summed E-state index contributed by atoms with van der Waals surface area (Å²) in [5, 5.41) is 5.07. The predicted molar refractivity (Wildman–Crippen MR) is 83.0 cm³/mol. The van der Waals surface area contributed by atoms with Crippen LogP contribution < -0.4 is 5.43 Å². The second-order valence-electron chi connectivity index (χ2n) is 4.91.